The normalized spacial score (nSPS) is 12.7. The Labute approximate surface area is 122 Å². The number of rotatable bonds is 5. The van der Waals surface area contributed by atoms with Crippen LogP contribution in [0.25, 0.3) is 0 Å². The van der Waals surface area contributed by atoms with Crippen LogP contribution in [0, 0.1) is 0 Å². The van der Waals surface area contributed by atoms with E-state index in [1.807, 2.05) is 31.2 Å². The molecule has 0 spiro atoms. The van der Waals surface area contributed by atoms with E-state index in [0.717, 1.165) is 16.1 Å². The molecule has 0 heterocycles. The maximum absolute atomic E-state index is 12.4. The van der Waals surface area contributed by atoms with E-state index in [9.17, 15) is 8.78 Å². The summed E-state index contributed by atoms with van der Waals surface area (Å²) in [5.41, 5.74) is 2.04. The number of halogens is 3. The Hall–Kier alpha value is -1.45. The zero-order valence-electron chi connectivity index (χ0n) is 11.1. The molecule has 4 heteroatoms. The molecule has 1 N–H and O–H groups in total. The molecule has 0 amide bonds. The van der Waals surface area contributed by atoms with Gasteiger partial charge in [0.2, 0.25) is 0 Å². The van der Waals surface area contributed by atoms with Gasteiger partial charge in [0.15, 0.2) is 0 Å². The van der Waals surface area contributed by atoms with Gasteiger partial charge >= 0.3 is 0 Å². The van der Waals surface area contributed by atoms with Gasteiger partial charge in [-0.05, 0) is 24.1 Å². The summed E-state index contributed by atoms with van der Waals surface area (Å²) in [5.74, 6) is 0. The average Bonchev–Trinajstić information content (AvgIpc) is 2.45. The van der Waals surface area contributed by atoms with E-state index in [4.69, 9.17) is 11.6 Å². The fraction of sp³-hybridized carbons (Fsp3) is 0.250. The summed E-state index contributed by atoms with van der Waals surface area (Å²) in [6, 6.07) is 14.1. The third kappa shape index (κ3) is 3.78. The van der Waals surface area contributed by atoms with Crippen molar-refractivity contribution in [2.24, 2.45) is 0 Å². The molecule has 1 atom stereocenters. The monoisotopic (exact) mass is 295 g/mol. The Balaban J connectivity index is 1.96. The van der Waals surface area contributed by atoms with Gasteiger partial charge in [0.1, 0.15) is 0 Å². The van der Waals surface area contributed by atoms with Crippen molar-refractivity contribution in [2.75, 3.05) is 0 Å². The number of nitrogens with one attached hydrogen (secondary N) is 1. The minimum absolute atomic E-state index is 0.0490. The lowest BCUT2D eigenvalue weighted by Gasteiger charge is -2.15. The lowest BCUT2D eigenvalue weighted by atomic mass is 10.1. The lowest BCUT2D eigenvalue weighted by Crippen LogP contribution is -2.18. The molecule has 0 aromatic heterocycles. The number of hydrogen-bond donors (Lipinski definition) is 1. The lowest BCUT2D eigenvalue weighted by molar-refractivity contribution is 0.151. The Morgan fingerprint density at radius 2 is 1.70 bits per heavy atom. The summed E-state index contributed by atoms with van der Waals surface area (Å²) < 4.78 is 24.9. The van der Waals surface area contributed by atoms with E-state index in [2.05, 4.69) is 5.32 Å². The second kappa shape index (κ2) is 6.82. The molecule has 0 saturated carbocycles. The summed E-state index contributed by atoms with van der Waals surface area (Å²) in [6.07, 6.45) is -2.42. The van der Waals surface area contributed by atoms with Gasteiger partial charge in [0.05, 0.1) is 0 Å². The molecule has 1 nitrogen and oxygen atoms in total. The van der Waals surface area contributed by atoms with E-state index in [1.54, 1.807) is 12.1 Å². The van der Waals surface area contributed by atoms with E-state index < -0.39 is 6.43 Å². The molecule has 20 heavy (non-hydrogen) atoms. The molecule has 0 aliphatic heterocycles. The van der Waals surface area contributed by atoms with E-state index in [-0.39, 0.29) is 11.6 Å². The van der Waals surface area contributed by atoms with Crippen molar-refractivity contribution in [3.8, 4) is 0 Å². The third-order valence-electron chi connectivity index (χ3n) is 3.22. The maximum atomic E-state index is 12.4. The molecule has 0 saturated heterocycles. The molecule has 0 radical (unpaired) electrons. The van der Waals surface area contributed by atoms with Gasteiger partial charge in [0.25, 0.3) is 6.43 Å². The molecule has 0 bridgehead atoms. The topological polar surface area (TPSA) is 12.0 Å². The molecular weight excluding hydrogens is 280 g/mol. The first kappa shape index (κ1) is 14.9. The van der Waals surface area contributed by atoms with Gasteiger partial charge in [-0.15, -0.1) is 0 Å². The van der Waals surface area contributed by atoms with Crippen LogP contribution in [0.15, 0.2) is 48.5 Å². The molecule has 106 valence electrons. The maximum Gasteiger partial charge on any atom is 0.263 e. The number of hydrogen-bond acceptors (Lipinski definition) is 1. The van der Waals surface area contributed by atoms with Crippen LogP contribution in [0.4, 0.5) is 8.78 Å². The summed E-state index contributed by atoms with van der Waals surface area (Å²) in [5, 5.41) is 4.06. The largest absolute Gasteiger partial charge is 0.306 e. The fourth-order valence-corrected chi connectivity index (χ4v) is 2.29. The Morgan fingerprint density at radius 3 is 2.30 bits per heavy atom. The van der Waals surface area contributed by atoms with Crippen LogP contribution in [0.2, 0.25) is 5.02 Å². The molecule has 0 fully saturated rings. The molecule has 0 aliphatic carbocycles. The average molecular weight is 296 g/mol. The van der Waals surface area contributed by atoms with Crippen LogP contribution >= 0.6 is 11.6 Å². The van der Waals surface area contributed by atoms with Crippen LogP contribution < -0.4 is 5.32 Å². The molecule has 2 rings (SSSR count). The highest BCUT2D eigenvalue weighted by molar-refractivity contribution is 6.31. The quantitative estimate of drug-likeness (QED) is 0.806. The zero-order chi connectivity index (χ0) is 14.5. The predicted octanol–water partition coefficient (Wildman–Crippen LogP) is 5.13. The van der Waals surface area contributed by atoms with E-state index >= 15 is 0 Å². The van der Waals surface area contributed by atoms with Crippen molar-refractivity contribution >= 4 is 11.6 Å². The van der Waals surface area contributed by atoms with Crippen molar-refractivity contribution in [3.05, 3.63) is 70.2 Å². The summed E-state index contributed by atoms with van der Waals surface area (Å²) >= 11 is 6.13. The minimum atomic E-state index is -2.42. The molecule has 0 aliphatic rings. The Morgan fingerprint density at radius 1 is 1.05 bits per heavy atom. The highest BCUT2D eigenvalue weighted by Crippen LogP contribution is 2.23. The standard InChI is InChI=1S/C16H16ClF2N/c1-11(14-4-2-3-5-15(14)17)20-10-12-6-8-13(9-7-12)16(18)19/h2-9,11,16,20H,10H2,1H3/t11-/m0/s1. The van der Waals surface area contributed by atoms with E-state index in [0.29, 0.717) is 6.54 Å². The molecule has 2 aromatic rings. The van der Waals surface area contributed by atoms with Crippen LogP contribution in [-0.4, -0.2) is 0 Å². The van der Waals surface area contributed by atoms with Crippen LogP contribution in [0.5, 0.6) is 0 Å². The van der Waals surface area contributed by atoms with Crippen LogP contribution in [0.3, 0.4) is 0 Å². The van der Waals surface area contributed by atoms with Crippen molar-refractivity contribution in [3.63, 3.8) is 0 Å². The van der Waals surface area contributed by atoms with Gasteiger partial charge in [-0.2, -0.15) is 0 Å². The van der Waals surface area contributed by atoms with Gasteiger partial charge < -0.3 is 5.32 Å². The molecular formula is C16H16ClF2N. The van der Waals surface area contributed by atoms with Crippen LogP contribution in [-0.2, 0) is 6.54 Å². The van der Waals surface area contributed by atoms with Crippen molar-refractivity contribution < 1.29 is 8.78 Å². The highest BCUT2D eigenvalue weighted by Gasteiger charge is 2.09. The van der Waals surface area contributed by atoms with E-state index in [1.165, 1.54) is 12.1 Å². The molecule has 0 unspecified atom stereocenters. The van der Waals surface area contributed by atoms with Gasteiger partial charge in [-0.1, -0.05) is 54.1 Å². The summed E-state index contributed by atoms with van der Waals surface area (Å²) in [6.45, 7) is 2.63. The van der Waals surface area contributed by atoms with Crippen molar-refractivity contribution in [2.45, 2.75) is 25.9 Å². The Bertz CT molecular complexity index is 555. The van der Waals surface area contributed by atoms with Crippen molar-refractivity contribution in [1.29, 1.82) is 0 Å². The van der Waals surface area contributed by atoms with Gasteiger partial charge in [-0.3, -0.25) is 0 Å². The Kier molecular flexibility index (Phi) is 5.10. The van der Waals surface area contributed by atoms with Gasteiger partial charge in [0, 0.05) is 23.2 Å². The third-order valence-corrected chi connectivity index (χ3v) is 3.56. The van der Waals surface area contributed by atoms with Crippen molar-refractivity contribution in [1.82, 2.24) is 5.32 Å². The fourth-order valence-electron chi connectivity index (χ4n) is 1.99. The minimum Gasteiger partial charge on any atom is -0.306 e. The van der Waals surface area contributed by atoms with Crippen LogP contribution in [0.1, 0.15) is 36.1 Å². The smallest absolute Gasteiger partial charge is 0.263 e. The first-order chi connectivity index (χ1) is 9.58. The SMILES string of the molecule is C[C@H](NCc1ccc(C(F)F)cc1)c1ccccc1Cl. The number of alkyl halides is 2. The highest BCUT2D eigenvalue weighted by atomic mass is 35.5. The number of benzene rings is 2. The zero-order valence-corrected chi connectivity index (χ0v) is 11.9. The summed E-state index contributed by atoms with van der Waals surface area (Å²) in [4.78, 5) is 0. The van der Waals surface area contributed by atoms with Gasteiger partial charge in [-0.25, -0.2) is 8.78 Å². The second-order valence-corrected chi connectivity index (χ2v) is 5.07. The molecule has 2 aromatic carbocycles. The first-order valence-electron chi connectivity index (χ1n) is 6.42. The predicted molar refractivity (Wildman–Crippen MR) is 78.1 cm³/mol. The first-order valence-corrected chi connectivity index (χ1v) is 6.80. The summed E-state index contributed by atoms with van der Waals surface area (Å²) in [7, 11) is 0. The second-order valence-electron chi connectivity index (χ2n) is 4.67.